The maximum absolute atomic E-state index is 10.4. The molecule has 4 heteroatoms. The van der Waals surface area contributed by atoms with Crippen LogP contribution in [0.15, 0.2) is 0 Å². The van der Waals surface area contributed by atoms with Crippen LogP contribution in [-0.2, 0) is 4.79 Å². The predicted molar refractivity (Wildman–Crippen MR) is 38.4 cm³/mol. The normalized spacial score (nSPS) is 9.40. The van der Waals surface area contributed by atoms with E-state index in [9.17, 15) is 4.79 Å². The van der Waals surface area contributed by atoms with Crippen molar-refractivity contribution in [1.29, 1.82) is 0 Å². The average molecular weight is 146 g/mol. The molecule has 0 radical (unpaired) electrons. The van der Waals surface area contributed by atoms with E-state index < -0.39 is 6.61 Å². The molecule has 0 saturated carbocycles. The number of amides is 1. The van der Waals surface area contributed by atoms with E-state index in [0.717, 1.165) is 12.8 Å². The number of nitrogens with two attached hydrogens (primary N) is 1. The molecule has 4 nitrogen and oxygen atoms in total. The van der Waals surface area contributed by atoms with Crippen molar-refractivity contribution < 1.29 is 9.90 Å². The fourth-order valence-corrected chi connectivity index (χ4v) is 0.553. The third kappa shape index (κ3) is 5.53. The Kier molecular flexibility index (Phi) is 6.11. The zero-order chi connectivity index (χ0) is 7.82. The van der Waals surface area contributed by atoms with E-state index in [2.05, 4.69) is 5.32 Å². The maximum atomic E-state index is 10.4. The van der Waals surface area contributed by atoms with Crippen LogP contribution < -0.4 is 11.1 Å². The Morgan fingerprint density at radius 2 is 2.20 bits per heavy atom. The second kappa shape index (κ2) is 6.51. The first-order valence-corrected chi connectivity index (χ1v) is 3.39. The highest BCUT2D eigenvalue weighted by molar-refractivity contribution is 5.76. The van der Waals surface area contributed by atoms with Gasteiger partial charge in [-0.15, -0.1) is 0 Å². The van der Waals surface area contributed by atoms with Crippen molar-refractivity contribution >= 4 is 5.91 Å². The van der Waals surface area contributed by atoms with Gasteiger partial charge in [-0.3, -0.25) is 4.79 Å². The molecule has 0 spiro atoms. The molecule has 10 heavy (non-hydrogen) atoms. The minimum absolute atomic E-state index is 0.322. The fourth-order valence-electron chi connectivity index (χ4n) is 0.553. The van der Waals surface area contributed by atoms with Crippen molar-refractivity contribution in [2.45, 2.75) is 12.8 Å². The molecule has 60 valence electrons. The van der Waals surface area contributed by atoms with Crippen molar-refractivity contribution in [3.8, 4) is 0 Å². The fraction of sp³-hybridized carbons (Fsp3) is 0.833. The van der Waals surface area contributed by atoms with Crippen LogP contribution in [0.25, 0.3) is 0 Å². The molecule has 0 aromatic rings. The minimum atomic E-state index is -0.428. The van der Waals surface area contributed by atoms with Crippen molar-refractivity contribution in [3.05, 3.63) is 0 Å². The lowest BCUT2D eigenvalue weighted by Gasteiger charge is -2.00. The van der Waals surface area contributed by atoms with Gasteiger partial charge in [-0.1, -0.05) is 0 Å². The summed E-state index contributed by atoms with van der Waals surface area (Å²) in [7, 11) is 0. The van der Waals surface area contributed by atoms with Crippen LogP contribution in [0.2, 0.25) is 0 Å². The van der Waals surface area contributed by atoms with Crippen LogP contribution in [0, 0.1) is 0 Å². The van der Waals surface area contributed by atoms with Gasteiger partial charge in [0.05, 0.1) is 0 Å². The zero-order valence-electron chi connectivity index (χ0n) is 5.97. The smallest absolute Gasteiger partial charge is 0.245 e. The Balaban J connectivity index is 2.96. The number of hydrogen-bond donors (Lipinski definition) is 3. The van der Waals surface area contributed by atoms with Gasteiger partial charge < -0.3 is 16.2 Å². The van der Waals surface area contributed by atoms with Gasteiger partial charge in [-0.2, -0.15) is 0 Å². The second-order valence-electron chi connectivity index (χ2n) is 2.00. The zero-order valence-corrected chi connectivity index (χ0v) is 5.97. The lowest BCUT2D eigenvalue weighted by molar-refractivity contribution is -0.123. The summed E-state index contributed by atoms with van der Waals surface area (Å²) in [6.45, 7) is 0.828. The molecule has 0 aromatic heterocycles. The quantitative estimate of drug-likeness (QED) is 0.428. The Morgan fingerprint density at radius 1 is 1.50 bits per heavy atom. The molecule has 0 aliphatic heterocycles. The van der Waals surface area contributed by atoms with Crippen LogP contribution in [0.3, 0.4) is 0 Å². The molecule has 4 N–H and O–H groups in total. The third-order valence-corrected chi connectivity index (χ3v) is 1.10. The Labute approximate surface area is 60.4 Å². The van der Waals surface area contributed by atoms with Gasteiger partial charge >= 0.3 is 0 Å². The third-order valence-electron chi connectivity index (χ3n) is 1.10. The highest BCUT2D eigenvalue weighted by atomic mass is 16.3. The molecule has 0 atom stereocenters. The van der Waals surface area contributed by atoms with E-state index in [4.69, 9.17) is 10.8 Å². The number of carbonyl (C=O) groups excluding carboxylic acids is 1. The number of aliphatic hydroxyl groups is 1. The Morgan fingerprint density at radius 3 is 2.70 bits per heavy atom. The van der Waals surface area contributed by atoms with Gasteiger partial charge in [0, 0.05) is 6.54 Å². The molecule has 0 rings (SSSR count). The molecular weight excluding hydrogens is 132 g/mol. The van der Waals surface area contributed by atoms with Crippen molar-refractivity contribution in [3.63, 3.8) is 0 Å². The van der Waals surface area contributed by atoms with E-state index in [-0.39, 0.29) is 5.91 Å². The second-order valence-corrected chi connectivity index (χ2v) is 2.00. The van der Waals surface area contributed by atoms with Gasteiger partial charge in [0.1, 0.15) is 6.61 Å². The first-order chi connectivity index (χ1) is 4.81. The van der Waals surface area contributed by atoms with E-state index in [1.165, 1.54) is 0 Å². The first-order valence-electron chi connectivity index (χ1n) is 3.39. The first kappa shape index (κ1) is 9.39. The monoisotopic (exact) mass is 146 g/mol. The SMILES string of the molecule is NCCCCNC(=O)CO. The lowest BCUT2D eigenvalue weighted by Crippen LogP contribution is -2.27. The van der Waals surface area contributed by atoms with Gasteiger partial charge in [0.2, 0.25) is 5.91 Å². The van der Waals surface area contributed by atoms with Crippen molar-refractivity contribution in [2.75, 3.05) is 19.7 Å². The number of rotatable bonds is 5. The van der Waals surface area contributed by atoms with Gasteiger partial charge in [-0.05, 0) is 19.4 Å². The largest absolute Gasteiger partial charge is 0.387 e. The molecule has 0 fully saturated rings. The molecule has 0 heterocycles. The summed E-state index contributed by atoms with van der Waals surface area (Å²) in [6.07, 6.45) is 1.79. The average Bonchev–Trinajstić information content (AvgIpc) is 1.98. The van der Waals surface area contributed by atoms with Crippen LogP contribution in [0.4, 0.5) is 0 Å². The van der Waals surface area contributed by atoms with Gasteiger partial charge in [0.25, 0.3) is 0 Å². The summed E-state index contributed by atoms with van der Waals surface area (Å²) in [4.78, 5) is 10.4. The molecule has 0 aliphatic rings. The molecule has 0 unspecified atom stereocenters. The minimum Gasteiger partial charge on any atom is -0.387 e. The van der Waals surface area contributed by atoms with E-state index in [1.807, 2.05) is 0 Å². The topological polar surface area (TPSA) is 75.3 Å². The molecule has 0 aliphatic carbocycles. The number of hydrogen-bond acceptors (Lipinski definition) is 3. The molecular formula is C6H14N2O2. The molecule has 0 aromatic carbocycles. The molecule has 0 bridgehead atoms. The van der Waals surface area contributed by atoms with E-state index in [0.29, 0.717) is 13.1 Å². The highest BCUT2D eigenvalue weighted by Gasteiger charge is 1.94. The number of carbonyl (C=O) groups is 1. The van der Waals surface area contributed by atoms with E-state index >= 15 is 0 Å². The number of nitrogens with one attached hydrogen (secondary N) is 1. The van der Waals surface area contributed by atoms with E-state index in [1.54, 1.807) is 0 Å². The Hall–Kier alpha value is -0.610. The van der Waals surface area contributed by atoms with Crippen LogP contribution >= 0.6 is 0 Å². The lowest BCUT2D eigenvalue weighted by atomic mass is 10.3. The summed E-state index contributed by atoms with van der Waals surface area (Å²) in [6, 6.07) is 0. The maximum Gasteiger partial charge on any atom is 0.245 e. The van der Waals surface area contributed by atoms with Crippen LogP contribution in [-0.4, -0.2) is 30.7 Å². The molecule has 1 amide bonds. The van der Waals surface area contributed by atoms with Crippen LogP contribution in [0.1, 0.15) is 12.8 Å². The summed E-state index contributed by atoms with van der Waals surface area (Å²) in [5, 5.41) is 10.8. The van der Waals surface area contributed by atoms with Crippen LogP contribution in [0.5, 0.6) is 0 Å². The van der Waals surface area contributed by atoms with Gasteiger partial charge in [-0.25, -0.2) is 0 Å². The number of unbranched alkanes of at least 4 members (excludes halogenated alkanes) is 1. The summed E-state index contributed by atoms with van der Waals surface area (Å²) >= 11 is 0. The standard InChI is InChI=1S/C6H14N2O2/c7-3-1-2-4-8-6(10)5-9/h9H,1-5,7H2,(H,8,10). The Bertz CT molecular complexity index is 95.7. The molecule has 0 saturated heterocycles. The van der Waals surface area contributed by atoms with Crippen molar-refractivity contribution in [1.82, 2.24) is 5.32 Å². The highest BCUT2D eigenvalue weighted by Crippen LogP contribution is 1.81. The predicted octanol–water partition coefficient (Wildman–Crippen LogP) is -1.17. The van der Waals surface area contributed by atoms with Crippen molar-refractivity contribution in [2.24, 2.45) is 5.73 Å². The summed E-state index contributed by atoms with van der Waals surface area (Å²) in [5.74, 6) is -0.322. The summed E-state index contributed by atoms with van der Waals surface area (Å²) in [5.41, 5.74) is 5.22. The number of aliphatic hydroxyl groups excluding tert-OH is 1. The van der Waals surface area contributed by atoms with Gasteiger partial charge in [0.15, 0.2) is 0 Å². The summed E-state index contributed by atoms with van der Waals surface area (Å²) < 4.78 is 0.